The van der Waals surface area contributed by atoms with Crippen molar-refractivity contribution in [3.8, 4) is 0 Å². The second-order valence-electron chi connectivity index (χ2n) is 8.26. The summed E-state index contributed by atoms with van der Waals surface area (Å²) in [7, 11) is 1.91. The van der Waals surface area contributed by atoms with Gasteiger partial charge in [-0.2, -0.15) is 0 Å². The molecule has 0 radical (unpaired) electrons. The highest BCUT2D eigenvalue weighted by Gasteiger charge is 2.26. The van der Waals surface area contributed by atoms with Crippen molar-refractivity contribution in [3.05, 3.63) is 60.2 Å². The van der Waals surface area contributed by atoms with E-state index < -0.39 is 0 Å². The van der Waals surface area contributed by atoms with Crippen molar-refractivity contribution in [2.24, 2.45) is 5.92 Å². The number of fused-ring (bicyclic) bond motifs is 2. The minimum Gasteiger partial charge on any atom is -0.373 e. The van der Waals surface area contributed by atoms with Crippen LogP contribution in [0.5, 0.6) is 0 Å². The van der Waals surface area contributed by atoms with E-state index in [0.29, 0.717) is 6.04 Å². The Morgan fingerprint density at radius 3 is 2.90 bits per heavy atom. The maximum Gasteiger partial charge on any atom is 0.143 e. The Bertz CT molecular complexity index is 1160. The Kier molecular flexibility index (Phi) is 4.66. The maximum atomic E-state index is 4.69. The Balaban J connectivity index is 1.26. The van der Waals surface area contributed by atoms with Crippen molar-refractivity contribution in [2.45, 2.75) is 45.1 Å². The van der Waals surface area contributed by atoms with Gasteiger partial charge in [-0.25, -0.2) is 15.0 Å². The summed E-state index contributed by atoms with van der Waals surface area (Å²) >= 11 is 0. The van der Waals surface area contributed by atoms with E-state index in [9.17, 15) is 0 Å². The minimum absolute atomic E-state index is 0.559. The highest BCUT2D eigenvalue weighted by Crippen LogP contribution is 2.38. The van der Waals surface area contributed by atoms with Gasteiger partial charge in [-0.3, -0.25) is 0 Å². The summed E-state index contributed by atoms with van der Waals surface area (Å²) in [4.78, 5) is 13.6. The molecule has 5 nitrogen and oxygen atoms in total. The van der Waals surface area contributed by atoms with Crippen LogP contribution in [0.25, 0.3) is 21.9 Å². The van der Waals surface area contributed by atoms with Gasteiger partial charge in [-0.1, -0.05) is 12.1 Å². The average molecular weight is 386 g/mol. The monoisotopic (exact) mass is 385 g/mol. The molecule has 2 unspecified atom stereocenters. The van der Waals surface area contributed by atoms with E-state index in [4.69, 9.17) is 0 Å². The van der Waals surface area contributed by atoms with E-state index in [2.05, 4.69) is 68.3 Å². The van der Waals surface area contributed by atoms with Gasteiger partial charge in [0.2, 0.25) is 0 Å². The number of aromatic nitrogens is 4. The summed E-state index contributed by atoms with van der Waals surface area (Å²) in [5, 5.41) is 5.51. The highest BCUT2D eigenvalue weighted by atomic mass is 15.1. The van der Waals surface area contributed by atoms with Crippen LogP contribution in [-0.4, -0.2) is 26.6 Å². The first kappa shape index (κ1) is 18.1. The van der Waals surface area contributed by atoms with E-state index in [1.807, 2.05) is 13.1 Å². The van der Waals surface area contributed by atoms with Gasteiger partial charge < -0.3 is 9.88 Å². The van der Waals surface area contributed by atoms with Crippen LogP contribution in [0.4, 0.5) is 5.82 Å². The van der Waals surface area contributed by atoms with Crippen LogP contribution in [0.3, 0.4) is 0 Å². The Hall–Kier alpha value is -2.95. The van der Waals surface area contributed by atoms with Gasteiger partial charge >= 0.3 is 0 Å². The third-order valence-electron chi connectivity index (χ3n) is 6.47. The topological polar surface area (TPSA) is 55.6 Å². The first-order valence-corrected chi connectivity index (χ1v) is 10.6. The molecular weight excluding hydrogens is 358 g/mol. The van der Waals surface area contributed by atoms with Crippen LogP contribution in [-0.2, 0) is 6.42 Å². The summed E-state index contributed by atoms with van der Waals surface area (Å²) in [6, 6.07) is 13.6. The lowest BCUT2D eigenvalue weighted by molar-refractivity contribution is 0.461. The second kappa shape index (κ2) is 7.47. The third-order valence-corrected chi connectivity index (χ3v) is 6.47. The summed E-state index contributed by atoms with van der Waals surface area (Å²) in [5.41, 5.74) is 4.61. The zero-order chi connectivity index (χ0) is 19.8. The molecule has 1 aliphatic rings. The predicted molar refractivity (Wildman–Crippen MR) is 118 cm³/mol. The normalized spacial score (nSPS) is 19.2. The fourth-order valence-electron chi connectivity index (χ4n) is 4.78. The van der Waals surface area contributed by atoms with E-state index in [0.717, 1.165) is 35.0 Å². The molecule has 1 fully saturated rings. The molecule has 1 aliphatic carbocycles. The van der Waals surface area contributed by atoms with Crippen molar-refractivity contribution in [1.82, 2.24) is 19.5 Å². The smallest absolute Gasteiger partial charge is 0.143 e. The maximum absolute atomic E-state index is 4.69. The molecule has 29 heavy (non-hydrogen) atoms. The molecular formula is C24H27N5. The van der Waals surface area contributed by atoms with Crippen LogP contribution in [0.1, 0.15) is 43.0 Å². The average Bonchev–Trinajstić information content (AvgIpc) is 3.39. The molecule has 1 aromatic carbocycles. The molecule has 0 spiro atoms. The second-order valence-corrected chi connectivity index (χ2v) is 8.26. The van der Waals surface area contributed by atoms with E-state index >= 15 is 0 Å². The molecule has 5 heteroatoms. The molecule has 0 bridgehead atoms. The van der Waals surface area contributed by atoms with E-state index in [1.165, 1.54) is 42.0 Å². The number of hydrogen-bond donors (Lipinski definition) is 1. The predicted octanol–water partition coefficient (Wildman–Crippen LogP) is 5.30. The lowest BCUT2D eigenvalue weighted by atomic mass is 9.97. The molecule has 3 aromatic heterocycles. The molecule has 0 saturated heterocycles. The number of rotatable bonds is 5. The van der Waals surface area contributed by atoms with Crippen LogP contribution < -0.4 is 5.32 Å². The summed E-state index contributed by atoms with van der Waals surface area (Å²) in [5.74, 6) is 1.69. The molecule has 2 atom stereocenters. The number of nitrogens with zero attached hydrogens (tertiary/aromatic N) is 4. The zero-order valence-corrected chi connectivity index (χ0v) is 17.1. The molecule has 3 heterocycles. The zero-order valence-electron chi connectivity index (χ0n) is 17.1. The summed E-state index contributed by atoms with van der Waals surface area (Å²) in [6.45, 7) is 2.06. The van der Waals surface area contributed by atoms with Crippen molar-refractivity contribution in [2.75, 3.05) is 12.4 Å². The van der Waals surface area contributed by atoms with Gasteiger partial charge in [0, 0.05) is 30.1 Å². The SMILES string of the molecule is CNc1ccc2ccc(CCC3CCC(n4ccc5c(C)ncnc54)C3)cc2n1. The van der Waals surface area contributed by atoms with Crippen LogP contribution >= 0.6 is 0 Å². The minimum atomic E-state index is 0.559. The van der Waals surface area contributed by atoms with Gasteiger partial charge in [0.25, 0.3) is 0 Å². The fourth-order valence-corrected chi connectivity index (χ4v) is 4.78. The van der Waals surface area contributed by atoms with Crippen molar-refractivity contribution in [3.63, 3.8) is 0 Å². The van der Waals surface area contributed by atoms with Gasteiger partial charge in [0.15, 0.2) is 0 Å². The quantitative estimate of drug-likeness (QED) is 0.506. The number of hydrogen-bond acceptors (Lipinski definition) is 4. The lowest BCUT2D eigenvalue weighted by Gasteiger charge is -2.14. The number of aryl methyl sites for hydroxylation is 2. The largest absolute Gasteiger partial charge is 0.373 e. The Morgan fingerprint density at radius 2 is 2.00 bits per heavy atom. The molecule has 148 valence electrons. The van der Waals surface area contributed by atoms with Gasteiger partial charge in [-0.15, -0.1) is 0 Å². The van der Waals surface area contributed by atoms with E-state index in [-0.39, 0.29) is 0 Å². The van der Waals surface area contributed by atoms with Gasteiger partial charge in [-0.05, 0) is 74.8 Å². The van der Waals surface area contributed by atoms with Crippen molar-refractivity contribution in [1.29, 1.82) is 0 Å². The van der Waals surface area contributed by atoms with E-state index in [1.54, 1.807) is 6.33 Å². The van der Waals surface area contributed by atoms with Crippen molar-refractivity contribution < 1.29 is 0 Å². The molecule has 4 aromatic rings. The van der Waals surface area contributed by atoms with Crippen LogP contribution in [0, 0.1) is 12.8 Å². The van der Waals surface area contributed by atoms with Crippen LogP contribution in [0.15, 0.2) is 48.9 Å². The Labute approximate surface area is 171 Å². The molecule has 1 saturated carbocycles. The summed E-state index contributed by atoms with van der Waals surface area (Å²) < 4.78 is 2.38. The number of benzene rings is 1. The molecule has 0 aliphatic heterocycles. The first-order valence-electron chi connectivity index (χ1n) is 10.6. The summed E-state index contributed by atoms with van der Waals surface area (Å²) in [6.07, 6.45) is 10.0. The first-order chi connectivity index (χ1) is 14.2. The van der Waals surface area contributed by atoms with Gasteiger partial charge in [0.05, 0.1) is 11.2 Å². The van der Waals surface area contributed by atoms with Crippen LogP contribution in [0.2, 0.25) is 0 Å². The van der Waals surface area contributed by atoms with Crippen molar-refractivity contribution >= 4 is 27.8 Å². The highest BCUT2D eigenvalue weighted by molar-refractivity contribution is 5.81. The number of nitrogens with one attached hydrogen (secondary N) is 1. The molecule has 5 rings (SSSR count). The number of anilines is 1. The molecule has 0 amide bonds. The third kappa shape index (κ3) is 3.46. The molecule has 1 N–H and O–H groups in total. The lowest BCUT2D eigenvalue weighted by Crippen LogP contribution is -2.06. The standard InChI is InChI=1S/C24H27N5/c1-16-21-11-12-29(24(21)27-15-26-16)20-9-6-17(13-20)3-4-18-5-7-19-8-10-23(25-2)28-22(19)14-18/h5,7-8,10-12,14-15,17,20H,3-4,6,9,13H2,1-2H3,(H,25,28). The number of pyridine rings is 1. The fraction of sp³-hybridized carbons (Fsp3) is 0.375. The van der Waals surface area contributed by atoms with Gasteiger partial charge in [0.1, 0.15) is 17.8 Å². The Morgan fingerprint density at radius 1 is 1.10 bits per heavy atom.